The summed E-state index contributed by atoms with van der Waals surface area (Å²) in [5.41, 5.74) is 1.06. The van der Waals surface area contributed by atoms with Gasteiger partial charge in [0.05, 0.1) is 6.61 Å². The van der Waals surface area contributed by atoms with E-state index in [4.69, 9.17) is 4.74 Å². The Kier molecular flexibility index (Phi) is 6.06. The molecule has 2 atom stereocenters. The highest BCUT2D eigenvalue weighted by atomic mass is 31.2. The van der Waals surface area contributed by atoms with Crippen molar-refractivity contribution >= 4 is 13.5 Å². The maximum absolute atomic E-state index is 11.8. The largest absolute Gasteiger partial charge is 0.450 e. The summed E-state index contributed by atoms with van der Waals surface area (Å²) in [4.78, 5) is 21.0. The van der Waals surface area contributed by atoms with Crippen LogP contribution in [0.5, 0.6) is 0 Å². The molecule has 2 N–H and O–H groups in total. The third-order valence-electron chi connectivity index (χ3n) is 2.69. The highest BCUT2D eigenvalue weighted by molar-refractivity contribution is 7.57. The van der Waals surface area contributed by atoms with Crippen LogP contribution in [-0.4, -0.2) is 30.0 Å². The van der Waals surface area contributed by atoms with E-state index < -0.39 is 19.2 Å². The van der Waals surface area contributed by atoms with E-state index >= 15 is 0 Å². The number of amides is 1. The molecule has 0 saturated carbocycles. The van der Waals surface area contributed by atoms with Crippen molar-refractivity contribution in [3.63, 3.8) is 0 Å². The fourth-order valence-electron chi connectivity index (χ4n) is 1.69. The zero-order valence-corrected chi connectivity index (χ0v) is 12.1. The Bertz CT molecular complexity index is 443. The summed E-state index contributed by atoms with van der Waals surface area (Å²) in [5, 5.41) is 2.45. The number of rotatable bonds is 6. The van der Waals surface area contributed by atoms with Crippen LogP contribution in [0, 0.1) is 0 Å². The second-order valence-corrected chi connectivity index (χ2v) is 6.86. The lowest BCUT2D eigenvalue weighted by Crippen LogP contribution is -2.35. The smallest absolute Gasteiger partial charge is 0.407 e. The second kappa shape index (κ2) is 7.31. The SMILES string of the molecule is CCOC(=O)NC(CCc1ccccc1)P(C)(=O)O. The molecular formula is C13H20NO4P. The first-order chi connectivity index (χ1) is 8.93. The molecule has 2 unspecified atom stereocenters. The molecule has 1 amide bonds. The van der Waals surface area contributed by atoms with Gasteiger partial charge in [-0.2, -0.15) is 0 Å². The summed E-state index contributed by atoms with van der Waals surface area (Å²) in [6.45, 7) is 3.16. The number of hydrogen-bond donors (Lipinski definition) is 2. The number of nitrogens with one attached hydrogen (secondary N) is 1. The van der Waals surface area contributed by atoms with Gasteiger partial charge in [-0.1, -0.05) is 30.3 Å². The molecular weight excluding hydrogens is 265 g/mol. The van der Waals surface area contributed by atoms with Gasteiger partial charge in [0.25, 0.3) is 0 Å². The van der Waals surface area contributed by atoms with Gasteiger partial charge in [-0.15, -0.1) is 0 Å². The first-order valence-electron chi connectivity index (χ1n) is 6.20. The Hall–Kier alpha value is -1.32. The number of carbonyl (C=O) groups is 1. The number of aryl methyl sites for hydroxylation is 1. The van der Waals surface area contributed by atoms with Gasteiger partial charge in [0, 0.05) is 6.66 Å². The average Bonchev–Trinajstić information content (AvgIpc) is 2.34. The summed E-state index contributed by atoms with van der Waals surface area (Å²) in [6, 6.07) is 9.62. The van der Waals surface area contributed by atoms with Crippen LogP contribution in [0.25, 0.3) is 0 Å². The van der Waals surface area contributed by atoms with Crippen molar-refractivity contribution < 1.29 is 19.0 Å². The van der Waals surface area contributed by atoms with Crippen molar-refractivity contribution in [3.8, 4) is 0 Å². The summed E-state index contributed by atoms with van der Waals surface area (Å²) >= 11 is 0. The third-order valence-corrected chi connectivity index (χ3v) is 4.23. The minimum absolute atomic E-state index is 0.233. The highest BCUT2D eigenvalue weighted by Crippen LogP contribution is 2.42. The molecule has 0 spiro atoms. The fraction of sp³-hybridized carbons (Fsp3) is 0.462. The predicted molar refractivity (Wildman–Crippen MR) is 74.5 cm³/mol. The van der Waals surface area contributed by atoms with Crippen molar-refractivity contribution in [3.05, 3.63) is 35.9 Å². The third kappa shape index (κ3) is 5.90. The molecule has 0 heterocycles. The molecule has 0 saturated heterocycles. The van der Waals surface area contributed by atoms with Crippen LogP contribution in [-0.2, 0) is 15.7 Å². The van der Waals surface area contributed by atoms with Crippen LogP contribution in [0.2, 0.25) is 0 Å². The quantitative estimate of drug-likeness (QED) is 0.788. The van der Waals surface area contributed by atoms with Crippen molar-refractivity contribution in [1.29, 1.82) is 0 Å². The molecule has 0 radical (unpaired) electrons. The molecule has 0 aliphatic rings. The van der Waals surface area contributed by atoms with E-state index in [-0.39, 0.29) is 6.61 Å². The molecule has 1 rings (SSSR count). The zero-order valence-electron chi connectivity index (χ0n) is 11.2. The van der Waals surface area contributed by atoms with Gasteiger partial charge in [0.1, 0.15) is 5.78 Å². The van der Waals surface area contributed by atoms with E-state index in [1.54, 1.807) is 6.92 Å². The molecule has 0 aliphatic heterocycles. The standard InChI is InChI=1S/C13H20NO4P/c1-3-18-13(15)14-12(19(2,16)17)10-9-11-7-5-4-6-8-11/h4-8,12H,3,9-10H2,1-2H3,(H,14,15)(H,16,17). The molecule has 0 aromatic heterocycles. The van der Waals surface area contributed by atoms with Crippen LogP contribution in [0.15, 0.2) is 30.3 Å². The Morgan fingerprint density at radius 3 is 2.58 bits per heavy atom. The molecule has 106 valence electrons. The molecule has 1 aromatic carbocycles. The summed E-state index contributed by atoms with van der Waals surface area (Å²) in [6.07, 6.45) is 0.361. The first-order valence-corrected chi connectivity index (χ1v) is 8.38. The summed E-state index contributed by atoms with van der Waals surface area (Å²) in [5.74, 6) is -0.785. The normalized spacial score (nSPS) is 15.3. The summed E-state index contributed by atoms with van der Waals surface area (Å²) in [7, 11) is -3.40. The number of hydrogen-bond acceptors (Lipinski definition) is 3. The van der Waals surface area contributed by atoms with Gasteiger partial charge < -0.3 is 14.9 Å². The molecule has 0 aliphatic carbocycles. The van der Waals surface area contributed by atoms with Crippen molar-refractivity contribution in [2.24, 2.45) is 0 Å². The molecule has 1 aromatic rings. The van der Waals surface area contributed by atoms with Gasteiger partial charge in [-0.3, -0.25) is 4.57 Å². The van der Waals surface area contributed by atoms with Crippen LogP contribution in [0.4, 0.5) is 4.79 Å². The number of alkyl carbamates (subject to hydrolysis) is 1. The Morgan fingerprint density at radius 2 is 2.05 bits per heavy atom. The fourth-order valence-corrected chi connectivity index (χ4v) is 2.64. The average molecular weight is 285 g/mol. The van der Waals surface area contributed by atoms with E-state index in [1.165, 1.54) is 6.66 Å². The lowest BCUT2D eigenvalue weighted by molar-refractivity contribution is 0.150. The molecule has 19 heavy (non-hydrogen) atoms. The number of ether oxygens (including phenoxy) is 1. The minimum Gasteiger partial charge on any atom is -0.450 e. The van der Waals surface area contributed by atoms with Crippen molar-refractivity contribution in [2.75, 3.05) is 13.3 Å². The van der Waals surface area contributed by atoms with Crippen LogP contribution < -0.4 is 5.32 Å². The maximum Gasteiger partial charge on any atom is 0.407 e. The van der Waals surface area contributed by atoms with E-state index in [9.17, 15) is 14.3 Å². The van der Waals surface area contributed by atoms with E-state index in [1.807, 2.05) is 30.3 Å². The second-order valence-electron chi connectivity index (χ2n) is 4.35. The van der Waals surface area contributed by atoms with Gasteiger partial charge >= 0.3 is 6.09 Å². The van der Waals surface area contributed by atoms with Crippen molar-refractivity contribution in [2.45, 2.75) is 25.5 Å². The summed E-state index contributed by atoms with van der Waals surface area (Å²) < 4.78 is 16.5. The van der Waals surface area contributed by atoms with Crippen LogP contribution >= 0.6 is 7.37 Å². The Labute approximate surface area is 113 Å². The van der Waals surface area contributed by atoms with Gasteiger partial charge in [-0.25, -0.2) is 4.79 Å². The molecule has 0 fully saturated rings. The van der Waals surface area contributed by atoms with E-state index in [2.05, 4.69) is 5.32 Å². The van der Waals surface area contributed by atoms with E-state index in [0.29, 0.717) is 12.8 Å². The zero-order chi connectivity index (χ0) is 14.3. The topological polar surface area (TPSA) is 75.6 Å². The first kappa shape index (κ1) is 15.7. The predicted octanol–water partition coefficient (Wildman–Crippen LogP) is 2.59. The van der Waals surface area contributed by atoms with Gasteiger partial charge in [0.15, 0.2) is 0 Å². The van der Waals surface area contributed by atoms with Gasteiger partial charge in [0.2, 0.25) is 7.37 Å². The highest BCUT2D eigenvalue weighted by Gasteiger charge is 2.27. The monoisotopic (exact) mass is 285 g/mol. The van der Waals surface area contributed by atoms with Crippen molar-refractivity contribution in [1.82, 2.24) is 5.32 Å². The maximum atomic E-state index is 11.8. The number of carbonyl (C=O) groups excluding carboxylic acids is 1. The molecule has 0 bridgehead atoms. The number of benzene rings is 1. The van der Waals surface area contributed by atoms with Crippen LogP contribution in [0.3, 0.4) is 0 Å². The molecule has 5 nitrogen and oxygen atoms in total. The Morgan fingerprint density at radius 1 is 1.42 bits per heavy atom. The lowest BCUT2D eigenvalue weighted by atomic mass is 10.1. The molecule has 6 heteroatoms. The van der Waals surface area contributed by atoms with E-state index in [0.717, 1.165) is 5.56 Å². The minimum atomic E-state index is -3.40. The Balaban J connectivity index is 2.61. The lowest BCUT2D eigenvalue weighted by Gasteiger charge is -2.21. The van der Waals surface area contributed by atoms with Gasteiger partial charge in [-0.05, 0) is 25.3 Å². The van der Waals surface area contributed by atoms with Crippen LogP contribution in [0.1, 0.15) is 18.9 Å².